The number of halogens is 1. The third-order valence-corrected chi connectivity index (χ3v) is 6.72. The predicted molar refractivity (Wildman–Crippen MR) is 138 cm³/mol. The zero-order valence-electron chi connectivity index (χ0n) is 19.9. The average molecular weight is 480 g/mol. The van der Waals surface area contributed by atoms with Gasteiger partial charge in [-0.1, -0.05) is 49.4 Å². The second kappa shape index (κ2) is 10.4. The van der Waals surface area contributed by atoms with Crippen LogP contribution in [0.5, 0.6) is 11.5 Å². The number of aliphatic imine (C=N–C) groups is 1. The number of nitrogens with one attached hydrogen (secondary N) is 1. The number of ether oxygens (including phenoxy) is 2. The van der Waals surface area contributed by atoms with Gasteiger partial charge in [0.05, 0.1) is 30.7 Å². The Morgan fingerprint density at radius 3 is 2.41 bits per heavy atom. The van der Waals surface area contributed by atoms with Crippen molar-refractivity contribution < 1.29 is 9.47 Å². The van der Waals surface area contributed by atoms with Gasteiger partial charge in [-0.15, -0.1) is 0 Å². The molecule has 2 aromatic carbocycles. The molecule has 0 aliphatic heterocycles. The van der Waals surface area contributed by atoms with Gasteiger partial charge in [0.2, 0.25) is 5.43 Å². The Bertz CT molecular complexity index is 1290. The topological polar surface area (TPSA) is 76.7 Å². The molecule has 0 saturated heterocycles. The maximum Gasteiger partial charge on any atom is 0.200 e. The minimum atomic E-state index is -0.245. The normalized spacial score (nSPS) is 14.5. The smallest absolute Gasteiger partial charge is 0.200 e. The van der Waals surface area contributed by atoms with Gasteiger partial charge in [0.1, 0.15) is 0 Å². The zero-order chi connectivity index (χ0) is 24.2. The van der Waals surface area contributed by atoms with Crippen molar-refractivity contribution in [3.8, 4) is 11.5 Å². The maximum atomic E-state index is 13.5. The zero-order valence-corrected chi connectivity index (χ0v) is 20.6. The molecule has 178 valence electrons. The minimum Gasteiger partial charge on any atom is -0.493 e. The molecule has 1 saturated carbocycles. The van der Waals surface area contributed by atoms with E-state index in [1.807, 2.05) is 35.8 Å². The third-order valence-electron chi connectivity index (χ3n) is 6.47. The molecule has 1 heterocycles. The molecular formula is C27H30ClN3O3. The summed E-state index contributed by atoms with van der Waals surface area (Å²) < 4.78 is 12.9. The van der Waals surface area contributed by atoms with Gasteiger partial charge in [0.25, 0.3) is 0 Å². The van der Waals surface area contributed by atoms with Gasteiger partial charge in [0, 0.05) is 29.5 Å². The Morgan fingerprint density at radius 2 is 1.76 bits per heavy atom. The predicted octanol–water partition coefficient (Wildman–Crippen LogP) is 6.09. The maximum absolute atomic E-state index is 13.5. The molecule has 4 rings (SSSR count). The van der Waals surface area contributed by atoms with Crippen molar-refractivity contribution in [2.45, 2.75) is 45.6 Å². The van der Waals surface area contributed by atoms with E-state index in [-0.39, 0.29) is 16.8 Å². The van der Waals surface area contributed by atoms with E-state index in [0.717, 1.165) is 17.7 Å². The van der Waals surface area contributed by atoms with E-state index in [0.29, 0.717) is 39.9 Å². The number of amidine groups is 1. The highest BCUT2D eigenvalue weighted by molar-refractivity contribution is 6.30. The van der Waals surface area contributed by atoms with Gasteiger partial charge in [0.15, 0.2) is 17.3 Å². The van der Waals surface area contributed by atoms with Crippen LogP contribution in [0.3, 0.4) is 0 Å². The lowest BCUT2D eigenvalue weighted by atomic mass is 10.0. The van der Waals surface area contributed by atoms with Crippen LogP contribution in [0.1, 0.15) is 50.2 Å². The number of methoxy groups -OCH3 is 2. The number of rotatable bonds is 7. The summed E-state index contributed by atoms with van der Waals surface area (Å²) in [5.41, 5.74) is 2.63. The number of hydrogen-bond acceptors (Lipinski definition) is 4. The highest BCUT2D eigenvalue weighted by Crippen LogP contribution is 2.32. The second-order valence-electron chi connectivity index (χ2n) is 8.90. The molecule has 6 nitrogen and oxygen atoms in total. The summed E-state index contributed by atoms with van der Waals surface area (Å²) in [6.07, 6.45) is 7.55. The SMILES string of the molecule is COc1cc2c(=O)c(C(=N)N=C(C)CC3CCCC3)cn(Cc3ccc(Cl)cc3)c2cc1OC. The molecule has 1 aromatic heterocycles. The van der Waals surface area contributed by atoms with Crippen molar-refractivity contribution in [2.24, 2.45) is 10.9 Å². The van der Waals surface area contributed by atoms with Crippen LogP contribution in [0.15, 0.2) is 52.4 Å². The van der Waals surface area contributed by atoms with Crippen LogP contribution >= 0.6 is 11.6 Å². The van der Waals surface area contributed by atoms with E-state index >= 15 is 0 Å². The Balaban J connectivity index is 1.80. The lowest BCUT2D eigenvalue weighted by molar-refractivity contribution is 0.355. The fourth-order valence-corrected chi connectivity index (χ4v) is 4.86. The lowest BCUT2D eigenvalue weighted by Crippen LogP contribution is -2.20. The molecule has 0 atom stereocenters. The molecule has 1 aliphatic carbocycles. The van der Waals surface area contributed by atoms with Crippen LogP contribution < -0.4 is 14.9 Å². The first kappa shape index (κ1) is 24.0. The number of hydrogen-bond donors (Lipinski definition) is 1. The number of nitrogens with zero attached hydrogens (tertiary/aromatic N) is 2. The highest BCUT2D eigenvalue weighted by atomic mass is 35.5. The molecule has 1 aliphatic rings. The van der Waals surface area contributed by atoms with E-state index in [2.05, 4.69) is 4.99 Å². The van der Waals surface area contributed by atoms with E-state index in [1.54, 1.807) is 32.5 Å². The molecule has 0 unspecified atom stereocenters. The van der Waals surface area contributed by atoms with E-state index in [4.69, 9.17) is 26.5 Å². The molecule has 3 aromatic rings. The number of fused-ring (bicyclic) bond motifs is 1. The van der Waals surface area contributed by atoms with Crippen molar-refractivity contribution in [3.63, 3.8) is 0 Å². The Morgan fingerprint density at radius 1 is 1.12 bits per heavy atom. The largest absolute Gasteiger partial charge is 0.493 e. The molecule has 7 heteroatoms. The first-order valence-corrected chi connectivity index (χ1v) is 11.9. The van der Waals surface area contributed by atoms with Gasteiger partial charge in [-0.2, -0.15) is 0 Å². The molecule has 0 bridgehead atoms. The van der Waals surface area contributed by atoms with Crippen LogP contribution in [0.2, 0.25) is 5.02 Å². The molecule has 0 spiro atoms. The van der Waals surface area contributed by atoms with Crippen molar-refractivity contribution in [3.05, 3.63) is 69.0 Å². The quantitative estimate of drug-likeness (QED) is 0.329. The summed E-state index contributed by atoms with van der Waals surface area (Å²) in [6.45, 7) is 2.45. The lowest BCUT2D eigenvalue weighted by Gasteiger charge is -2.16. The van der Waals surface area contributed by atoms with E-state index in [9.17, 15) is 4.79 Å². The summed E-state index contributed by atoms with van der Waals surface area (Å²) in [4.78, 5) is 18.0. The van der Waals surface area contributed by atoms with Gasteiger partial charge >= 0.3 is 0 Å². The molecular weight excluding hydrogens is 450 g/mol. The van der Waals surface area contributed by atoms with Gasteiger partial charge < -0.3 is 14.0 Å². The van der Waals surface area contributed by atoms with Crippen LogP contribution in [0.4, 0.5) is 0 Å². The first-order valence-electron chi connectivity index (χ1n) is 11.6. The third kappa shape index (κ3) is 5.17. The summed E-state index contributed by atoms with van der Waals surface area (Å²) in [7, 11) is 3.11. The summed E-state index contributed by atoms with van der Waals surface area (Å²) in [5.74, 6) is 1.62. The van der Waals surface area contributed by atoms with Gasteiger partial charge in [-0.3, -0.25) is 10.2 Å². The standard InChI is InChI=1S/C27H30ClN3O3/c1-17(12-18-6-4-5-7-18)30-27(29)22-16-31(15-19-8-10-20(28)11-9-19)23-14-25(34-3)24(33-2)13-21(23)26(22)32/h8-11,13-14,16,18,29H,4-7,12,15H2,1-3H3. The number of benzene rings is 2. The van der Waals surface area contributed by atoms with Crippen LogP contribution in [-0.4, -0.2) is 30.3 Å². The summed E-state index contributed by atoms with van der Waals surface area (Å²) >= 11 is 6.06. The van der Waals surface area contributed by atoms with Crippen molar-refractivity contribution in [1.82, 2.24) is 4.57 Å². The fourth-order valence-electron chi connectivity index (χ4n) is 4.73. The van der Waals surface area contributed by atoms with Gasteiger partial charge in [-0.05, 0) is 43.0 Å². The van der Waals surface area contributed by atoms with Crippen LogP contribution in [0.25, 0.3) is 10.9 Å². The second-order valence-corrected chi connectivity index (χ2v) is 9.34. The van der Waals surface area contributed by atoms with Crippen LogP contribution in [0, 0.1) is 11.3 Å². The molecule has 1 fully saturated rings. The monoisotopic (exact) mass is 479 g/mol. The van der Waals surface area contributed by atoms with Crippen molar-refractivity contribution >= 4 is 34.1 Å². The van der Waals surface area contributed by atoms with E-state index < -0.39 is 0 Å². The summed E-state index contributed by atoms with van der Waals surface area (Å²) in [6, 6.07) is 11.0. The summed E-state index contributed by atoms with van der Waals surface area (Å²) in [5, 5.41) is 9.78. The Kier molecular flexibility index (Phi) is 7.37. The van der Waals surface area contributed by atoms with Gasteiger partial charge in [-0.25, -0.2) is 4.99 Å². The van der Waals surface area contributed by atoms with Crippen molar-refractivity contribution in [2.75, 3.05) is 14.2 Å². The van der Waals surface area contributed by atoms with Crippen LogP contribution in [-0.2, 0) is 6.54 Å². The highest BCUT2D eigenvalue weighted by Gasteiger charge is 2.19. The number of pyridine rings is 1. The molecule has 0 radical (unpaired) electrons. The minimum absolute atomic E-state index is 0.0120. The van der Waals surface area contributed by atoms with E-state index in [1.165, 1.54) is 25.7 Å². The Labute approximate surface area is 204 Å². The fraction of sp³-hybridized carbons (Fsp3) is 0.370. The first-order chi connectivity index (χ1) is 16.4. The molecule has 0 amide bonds. The van der Waals surface area contributed by atoms with Crippen molar-refractivity contribution in [1.29, 1.82) is 5.41 Å². The average Bonchev–Trinajstić information content (AvgIpc) is 3.34. The number of aromatic nitrogens is 1. The Hall–Kier alpha value is -3.12. The molecule has 34 heavy (non-hydrogen) atoms. The molecule has 1 N–H and O–H groups in total.